The van der Waals surface area contributed by atoms with Crippen LogP contribution in [0.1, 0.15) is 52.0 Å². The summed E-state index contributed by atoms with van der Waals surface area (Å²) < 4.78 is 39.0. The maximum Gasteiger partial charge on any atom is 0.286 e. The summed E-state index contributed by atoms with van der Waals surface area (Å²) in [6, 6.07) is 3.54. The summed E-state index contributed by atoms with van der Waals surface area (Å²) in [6.45, 7) is 5.99. The Kier molecular flexibility index (Phi) is 4.88. The van der Waals surface area contributed by atoms with E-state index in [1.54, 1.807) is 0 Å². The maximum atomic E-state index is 13.5. The highest BCUT2D eigenvalue weighted by Crippen LogP contribution is 2.60. The molecule has 1 aromatic carbocycles. The van der Waals surface area contributed by atoms with Gasteiger partial charge in [-0.25, -0.2) is 18.6 Å². The Bertz CT molecular complexity index is 952. The van der Waals surface area contributed by atoms with E-state index in [-0.39, 0.29) is 24.1 Å². The predicted molar refractivity (Wildman–Crippen MR) is 105 cm³/mol. The monoisotopic (exact) mass is 435 g/mol. The largest absolute Gasteiger partial charge is 0.456 e. The molecule has 2 bridgehead atoms. The number of nitrogens with one attached hydrogen (secondary N) is 1. The first-order chi connectivity index (χ1) is 14.7. The molecule has 1 aromatic rings. The molecule has 0 aromatic heterocycles. The number of hydrogen-bond acceptors (Lipinski definition) is 5. The molecular weight excluding hydrogens is 408 g/mol. The zero-order valence-corrected chi connectivity index (χ0v) is 17.9. The fraction of sp³-hybridized carbons (Fsp3) is 0.609. The Hall–Kier alpha value is -2.03. The van der Waals surface area contributed by atoms with Crippen molar-refractivity contribution in [3.8, 4) is 0 Å². The van der Waals surface area contributed by atoms with Gasteiger partial charge < -0.3 is 14.8 Å². The topological polar surface area (TPSA) is 66.0 Å². The second-order valence-corrected chi connectivity index (χ2v) is 9.42. The van der Waals surface area contributed by atoms with Crippen molar-refractivity contribution in [2.75, 3.05) is 0 Å². The van der Waals surface area contributed by atoms with Crippen molar-refractivity contribution in [2.24, 2.45) is 17.8 Å². The second kappa shape index (κ2) is 7.25. The van der Waals surface area contributed by atoms with Crippen LogP contribution in [-0.2, 0) is 30.6 Å². The van der Waals surface area contributed by atoms with E-state index in [0.29, 0.717) is 17.9 Å². The molecule has 4 heterocycles. The highest BCUT2D eigenvalue weighted by atomic mass is 19.2. The molecule has 6 rings (SSSR count). The van der Waals surface area contributed by atoms with Gasteiger partial charge in [0.05, 0.1) is 0 Å². The van der Waals surface area contributed by atoms with Crippen molar-refractivity contribution in [1.82, 2.24) is 5.32 Å². The highest BCUT2D eigenvalue weighted by molar-refractivity contribution is 5.92. The molecule has 8 heteroatoms. The summed E-state index contributed by atoms with van der Waals surface area (Å²) in [5.74, 6) is -2.46. The van der Waals surface area contributed by atoms with Gasteiger partial charge >= 0.3 is 0 Å². The molecule has 168 valence electrons. The summed E-state index contributed by atoms with van der Waals surface area (Å²) in [5.41, 5.74) is 0.480. The summed E-state index contributed by atoms with van der Waals surface area (Å²) in [6.07, 6.45) is 2.70. The summed E-state index contributed by atoms with van der Waals surface area (Å²) >= 11 is 0. The van der Waals surface area contributed by atoms with Crippen LogP contribution in [0.25, 0.3) is 0 Å². The van der Waals surface area contributed by atoms with E-state index < -0.39 is 35.2 Å². The molecule has 31 heavy (non-hydrogen) atoms. The van der Waals surface area contributed by atoms with Crippen LogP contribution in [0.15, 0.2) is 29.5 Å². The van der Waals surface area contributed by atoms with E-state index in [9.17, 15) is 13.6 Å². The number of carbonyl (C=O) groups is 1. The van der Waals surface area contributed by atoms with E-state index in [2.05, 4.69) is 12.2 Å². The number of hydrogen-bond donors (Lipinski definition) is 1. The smallest absolute Gasteiger partial charge is 0.286 e. The zero-order chi connectivity index (χ0) is 22.0. The molecule has 1 amide bonds. The number of halogens is 2. The van der Waals surface area contributed by atoms with Crippen molar-refractivity contribution in [3.05, 3.63) is 46.7 Å². The molecule has 1 aliphatic carbocycles. The van der Waals surface area contributed by atoms with Crippen LogP contribution in [0, 0.1) is 29.4 Å². The third-order valence-electron chi connectivity index (χ3n) is 7.47. The summed E-state index contributed by atoms with van der Waals surface area (Å²) in [4.78, 5) is 24.8. The van der Waals surface area contributed by atoms with Crippen molar-refractivity contribution in [1.29, 1.82) is 0 Å². The van der Waals surface area contributed by atoms with Crippen molar-refractivity contribution in [2.45, 2.75) is 70.7 Å². The lowest BCUT2D eigenvalue weighted by Gasteiger charge is -2.57. The first-order valence-corrected chi connectivity index (χ1v) is 10.9. The molecule has 6 atom stereocenters. The van der Waals surface area contributed by atoms with E-state index in [4.69, 9.17) is 19.2 Å². The fourth-order valence-electron chi connectivity index (χ4n) is 5.76. The van der Waals surface area contributed by atoms with Gasteiger partial charge in [0.25, 0.3) is 5.91 Å². The average molecular weight is 435 g/mol. The third-order valence-corrected chi connectivity index (χ3v) is 7.47. The average Bonchev–Trinajstić information content (AvgIpc) is 2.97. The number of ether oxygens (including phenoxy) is 2. The molecule has 6 nitrogen and oxygen atoms in total. The quantitative estimate of drug-likeness (QED) is 0.725. The van der Waals surface area contributed by atoms with Crippen molar-refractivity contribution < 1.29 is 32.8 Å². The molecule has 5 aliphatic rings. The van der Waals surface area contributed by atoms with E-state index in [1.165, 1.54) is 6.07 Å². The van der Waals surface area contributed by atoms with Crippen LogP contribution in [-0.4, -0.2) is 23.6 Å². The van der Waals surface area contributed by atoms with Gasteiger partial charge in [0.15, 0.2) is 23.0 Å². The number of benzene rings is 1. The van der Waals surface area contributed by atoms with Crippen LogP contribution in [0.4, 0.5) is 8.78 Å². The van der Waals surface area contributed by atoms with Gasteiger partial charge in [-0.1, -0.05) is 13.0 Å². The Morgan fingerprint density at radius 1 is 1.19 bits per heavy atom. The van der Waals surface area contributed by atoms with Crippen LogP contribution in [0.3, 0.4) is 0 Å². The molecule has 4 aliphatic heterocycles. The molecule has 0 radical (unpaired) electrons. The van der Waals surface area contributed by atoms with E-state index >= 15 is 0 Å². The Balaban J connectivity index is 1.43. The molecule has 2 unspecified atom stereocenters. The van der Waals surface area contributed by atoms with Gasteiger partial charge in [0, 0.05) is 24.8 Å². The maximum absolute atomic E-state index is 13.5. The number of amides is 1. The van der Waals surface area contributed by atoms with Crippen LogP contribution in [0.2, 0.25) is 0 Å². The van der Waals surface area contributed by atoms with E-state index in [0.717, 1.165) is 37.0 Å². The Morgan fingerprint density at radius 3 is 2.77 bits per heavy atom. The molecule has 3 saturated heterocycles. The van der Waals surface area contributed by atoms with Crippen molar-refractivity contribution in [3.63, 3.8) is 0 Å². The Morgan fingerprint density at radius 2 is 2.00 bits per heavy atom. The van der Waals surface area contributed by atoms with Gasteiger partial charge in [0.2, 0.25) is 12.1 Å². The minimum atomic E-state index is -0.950. The first-order valence-electron chi connectivity index (χ1n) is 10.9. The van der Waals surface area contributed by atoms with Gasteiger partial charge in [-0.15, -0.1) is 0 Å². The minimum absolute atomic E-state index is 0.0501. The number of fused-ring (bicyclic) bond motifs is 2. The lowest BCUT2D eigenvalue weighted by molar-refractivity contribution is -0.555. The highest BCUT2D eigenvalue weighted by Gasteiger charge is 2.68. The normalized spacial score (nSPS) is 38.9. The summed E-state index contributed by atoms with van der Waals surface area (Å²) in [5, 5.41) is 2.75. The van der Waals surface area contributed by atoms with Crippen LogP contribution >= 0.6 is 0 Å². The Labute approximate surface area is 179 Å². The summed E-state index contributed by atoms with van der Waals surface area (Å²) in [7, 11) is 0. The van der Waals surface area contributed by atoms with E-state index in [1.807, 2.05) is 13.8 Å². The van der Waals surface area contributed by atoms with Gasteiger partial charge in [-0.3, -0.25) is 4.79 Å². The molecule has 1 saturated carbocycles. The third kappa shape index (κ3) is 3.18. The number of rotatable bonds is 3. The van der Waals surface area contributed by atoms with Crippen molar-refractivity contribution >= 4 is 5.91 Å². The van der Waals surface area contributed by atoms with Crippen LogP contribution in [0.5, 0.6) is 0 Å². The SMILES string of the molecule is CC1=C(C(=O)NCc2ccc(F)c(F)c2)OC2OC3(C)CC[C@H]4[C@H](C)CC[C@@H]1[C@@]24OO3. The number of carbonyl (C=O) groups excluding carboxylic acids is 1. The molecule has 1 N–H and O–H groups in total. The minimum Gasteiger partial charge on any atom is -0.456 e. The molecule has 1 spiro atoms. The molecular formula is C23H27F2NO5. The second-order valence-electron chi connectivity index (χ2n) is 9.42. The van der Waals surface area contributed by atoms with Gasteiger partial charge in [-0.05, 0) is 62.3 Å². The lowest BCUT2D eigenvalue weighted by Crippen LogP contribution is -2.67. The zero-order valence-electron chi connectivity index (χ0n) is 17.9. The lowest BCUT2D eigenvalue weighted by atomic mass is 9.59. The standard InChI is InChI=1S/C23H27F2NO5/c1-12-4-6-16-13(2)19(20(27)26-11-14-5-7-17(24)18(25)10-14)28-21-23(16)15(12)8-9-22(3,29-21)30-31-23/h5,7,10,12,15-16,21H,4,6,8-9,11H2,1-3H3,(H,26,27)/t12-,15+,16+,21?,22?,23-/m1/s1. The fourth-order valence-corrected chi connectivity index (χ4v) is 5.76. The predicted octanol–water partition coefficient (Wildman–Crippen LogP) is 4.10. The molecule has 4 fully saturated rings. The van der Waals surface area contributed by atoms with Gasteiger partial charge in [-0.2, -0.15) is 0 Å². The van der Waals surface area contributed by atoms with Gasteiger partial charge in [0.1, 0.15) is 0 Å². The van der Waals surface area contributed by atoms with Crippen LogP contribution < -0.4 is 5.32 Å². The first kappa shape index (κ1) is 20.8.